The number of halogens is 1. The van der Waals surface area contributed by atoms with Crippen LogP contribution in [0.15, 0.2) is 60.7 Å². The third-order valence-electron chi connectivity index (χ3n) is 5.54. The van der Waals surface area contributed by atoms with Crippen molar-refractivity contribution in [3.63, 3.8) is 0 Å². The molecule has 31 heavy (non-hydrogen) atoms. The molecule has 2 aromatic carbocycles. The van der Waals surface area contributed by atoms with Crippen LogP contribution in [0.25, 0.3) is 0 Å². The van der Waals surface area contributed by atoms with Gasteiger partial charge in [-0.3, -0.25) is 0 Å². The first-order chi connectivity index (χ1) is 14.8. The highest BCUT2D eigenvalue weighted by molar-refractivity contribution is 9.09. The summed E-state index contributed by atoms with van der Waals surface area (Å²) in [4.78, 5) is 25.0. The van der Waals surface area contributed by atoms with Crippen molar-refractivity contribution in [3.05, 3.63) is 71.8 Å². The molecule has 1 aliphatic carbocycles. The maximum atomic E-state index is 12.7. The molecule has 0 N–H and O–H groups in total. The van der Waals surface area contributed by atoms with Crippen LogP contribution in [-0.2, 0) is 18.9 Å². The Morgan fingerprint density at radius 2 is 1.32 bits per heavy atom. The number of benzene rings is 2. The molecule has 1 heterocycles. The van der Waals surface area contributed by atoms with Gasteiger partial charge in [0, 0.05) is 12.8 Å². The highest BCUT2D eigenvalue weighted by Gasteiger charge is 2.55. The summed E-state index contributed by atoms with van der Waals surface area (Å²) in [6, 6.07) is 17.6. The zero-order valence-electron chi connectivity index (χ0n) is 17.5. The number of hydrogen-bond acceptors (Lipinski definition) is 6. The van der Waals surface area contributed by atoms with Crippen LogP contribution < -0.4 is 0 Å². The highest BCUT2D eigenvalue weighted by Crippen LogP contribution is 2.45. The second-order valence-electron chi connectivity index (χ2n) is 8.45. The third kappa shape index (κ3) is 5.00. The van der Waals surface area contributed by atoms with Crippen molar-refractivity contribution in [1.82, 2.24) is 0 Å². The van der Waals surface area contributed by atoms with E-state index in [1.165, 1.54) is 0 Å². The molecule has 6 nitrogen and oxygen atoms in total. The summed E-state index contributed by atoms with van der Waals surface area (Å²) in [6.45, 7) is 4.02. The first kappa shape index (κ1) is 22.0. The van der Waals surface area contributed by atoms with Gasteiger partial charge in [0.2, 0.25) is 0 Å². The van der Waals surface area contributed by atoms with Crippen LogP contribution in [-0.4, -0.2) is 47.0 Å². The van der Waals surface area contributed by atoms with Crippen molar-refractivity contribution in [1.29, 1.82) is 0 Å². The van der Waals surface area contributed by atoms with Gasteiger partial charge in [-0.1, -0.05) is 52.3 Å². The summed E-state index contributed by atoms with van der Waals surface area (Å²) in [5, 5.41) is 0. The average Bonchev–Trinajstić information content (AvgIpc) is 3.06. The van der Waals surface area contributed by atoms with Crippen molar-refractivity contribution in [3.8, 4) is 0 Å². The van der Waals surface area contributed by atoms with Crippen molar-refractivity contribution in [2.75, 3.05) is 6.61 Å². The van der Waals surface area contributed by atoms with Gasteiger partial charge in [-0.2, -0.15) is 0 Å². The molecular weight excluding hydrogens is 464 g/mol. The molecule has 0 bridgehead atoms. The van der Waals surface area contributed by atoms with E-state index in [2.05, 4.69) is 15.9 Å². The van der Waals surface area contributed by atoms with E-state index in [9.17, 15) is 9.59 Å². The molecular formula is C24H25BrO6. The topological polar surface area (TPSA) is 71.1 Å². The number of ether oxygens (including phenoxy) is 4. The molecule has 4 rings (SSSR count). The Hall–Kier alpha value is -2.22. The number of alkyl halides is 1. The second-order valence-corrected chi connectivity index (χ2v) is 9.50. The highest BCUT2D eigenvalue weighted by atomic mass is 79.9. The van der Waals surface area contributed by atoms with Crippen LogP contribution in [0.2, 0.25) is 0 Å². The molecule has 1 saturated heterocycles. The normalized spacial score (nSPS) is 29.5. The van der Waals surface area contributed by atoms with Gasteiger partial charge in [-0.15, -0.1) is 0 Å². The first-order valence-electron chi connectivity index (χ1n) is 10.3. The van der Waals surface area contributed by atoms with Crippen molar-refractivity contribution < 1.29 is 28.5 Å². The number of hydrogen-bond donors (Lipinski definition) is 0. The van der Waals surface area contributed by atoms with Crippen molar-refractivity contribution >= 4 is 27.9 Å². The Balaban J connectivity index is 1.55. The average molecular weight is 489 g/mol. The second kappa shape index (κ2) is 8.73. The minimum absolute atomic E-state index is 0.332. The van der Waals surface area contributed by atoms with Crippen LogP contribution in [0.5, 0.6) is 0 Å². The van der Waals surface area contributed by atoms with Gasteiger partial charge in [-0.05, 0) is 38.1 Å². The van der Waals surface area contributed by atoms with Crippen LogP contribution >= 0.6 is 15.9 Å². The lowest BCUT2D eigenvalue weighted by molar-refractivity contribution is -0.182. The van der Waals surface area contributed by atoms with E-state index in [4.69, 9.17) is 18.9 Å². The summed E-state index contributed by atoms with van der Waals surface area (Å²) in [5.74, 6) is -1.63. The largest absolute Gasteiger partial charge is 0.457 e. The fourth-order valence-corrected chi connectivity index (χ4v) is 4.73. The molecule has 2 fully saturated rings. The zero-order valence-corrected chi connectivity index (χ0v) is 19.0. The molecule has 0 aromatic heterocycles. The Morgan fingerprint density at radius 1 is 0.871 bits per heavy atom. The minimum atomic E-state index is -0.763. The zero-order chi connectivity index (χ0) is 22.1. The van der Waals surface area contributed by atoms with Crippen LogP contribution in [0, 0.1) is 0 Å². The number of carbonyl (C=O) groups excluding carboxylic acids is 2. The van der Waals surface area contributed by atoms with Gasteiger partial charge in [-0.25, -0.2) is 9.59 Å². The van der Waals surface area contributed by atoms with E-state index < -0.39 is 35.5 Å². The predicted octanol–water partition coefficient (Wildman–Crippen LogP) is 4.52. The summed E-state index contributed by atoms with van der Waals surface area (Å²) in [6.07, 6.45) is -0.255. The maximum Gasteiger partial charge on any atom is 0.338 e. The summed E-state index contributed by atoms with van der Waals surface area (Å²) >= 11 is 3.63. The molecule has 1 aliphatic heterocycles. The monoisotopic (exact) mass is 488 g/mol. The van der Waals surface area contributed by atoms with Gasteiger partial charge < -0.3 is 18.9 Å². The number of rotatable bonds is 4. The predicted molar refractivity (Wildman–Crippen MR) is 117 cm³/mol. The van der Waals surface area contributed by atoms with E-state index in [0.29, 0.717) is 30.6 Å². The molecule has 164 valence electrons. The van der Waals surface area contributed by atoms with Crippen molar-refractivity contribution in [2.45, 2.75) is 55.1 Å². The van der Waals surface area contributed by atoms with Gasteiger partial charge >= 0.3 is 11.9 Å². The van der Waals surface area contributed by atoms with E-state index in [1.807, 2.05) is 26.0 Å². The molecule has 2 aromatic rings. The smallest absolute Gasteiger partial charge is 0.338 e. The lowest BCUT2D eigenvalue weighted by Gasteiger charge is -2.43. The Bertz CT molecular complexity index is 866. The van der Waals surface area contributed by atoms with Crippen molar-refractivity contribution in [2.24, 2.45) is 0 Å². The fraction of sp³-hybridized carbons (Fsp3) is 0.417. The van der Waals surface area contributed by atoms with E-state index in [-0.39, 0.29) is 4.83 Å². The number of esters is 2. The summed E-state index contributed by atoms with van der Waals surface area (Å²) in [7, 11) is 0. The standard InChI is InChI=1S/C24H25BrO6/c1-23(2)28-15-24(31-23)13-18(29-21(26)16-9-5-3-6-10-16)20(25)19(14-24)30-22(27)17-11-7-4-8-12-17/h3-12,18-20H,13-15H2,1-2H3/t18-,19-,20?,24?/m1/s1. The van der Waals surface area contributed by atoms with Crippen LogP contribution in [0.4, 0.5) is 0 Å². The van der Waals surface area contributed by atoms with Crippen LogP contribution in [0.1, 0.15) is 47.4 Å². The SMILES string of the molecule is CC1(C)OCC2(C[C@@H](OC(=O)c3ccccc3)C(Br)[C@H](OC(=O)c3ccccc3)C2)O1. The van der Waals surface area contributed by atoms with Gasteiger partial charge in [0.1, 0.15) is 17.8 Å². The quantitative estimate of drug-likeness (QED) is 0.465. The lowest BCUT2D eigenvalue weighted by atomic mass is 9.81. The first-order valence-corrected chi connectivity index (χ1v) is 11.2. The summed E-state index contributed by atoms with van der Waals surface area (Å²) < 4.78 is 23.8. The minimum Gasteiger partial charge on any atom is -0.457 e. The van der Waals surface area contributed by atoms with Gasteiger partial charge in [0.05, 0.1) is 22.6 Å². The Kier molecular flexibility index (Phi) is 6.19. The maximum absolute atomic E-state index is 12.7. The number of carbonyl (C=O) groups is 2. The summed E-state index contributed by atoms with van der Waals surface area (Å²) in [5.41, 5.74) is 0.212. The molecule has 1 spiro atoms. The Labute approximate surface area is 190 Å². The molecule has 0 radical (unpaired) electrons. The molecule has 7 heteroatoms. The molecule has 0 unspecified atom stereocenters. The Morgan fingerprint density at radius 3 is 1.71 bits per heavy atom. The lowest BCUT2D eigenvalue weighted by Crippen LogP contribution is -2.54. The van der Waals surface area contributed by atoms with E-state index in [1.54, 1.807) is 48.5 Å². The molecule has 0 amide bonds. The van der Waals surface area contributed by atoms with Gasteiger partial charge in [0.25, 0.3) is 0 Å². The fourth-order valence-electron chi connectivity index (χ4n) is 4.14. The third-order valence-corrected chi connectivity index (χ3v) is 6.72. The molecule has 2 aliphatic rings. The van der Waals surface area contributed by atoms with Crippen LogP contribution in [0.3, 0.4) is 0 Å². The molecule has 1 saturated carbocycles. The molecule has 2 atom stereocenters. The van der Waals surface area contributed by atoms with E-state index in [0.717, 1.165) is 0 Å². The van der Waals surface area contributed by atoms with E-state index >= 15 is 0 Å². The van der Waals surface area contributed by atoms with Gasteiger partial charge in [0.15, 0.2) is 5.79 Å².